The van der Waals surface area contributed by atoms with Gasteiger partial charge in [0.15, 0.2) is 0 Å². The quantitative estimate of drug-likeness (QED) is 0.911. The summed E-state index contributed by atoms with van der Waals surface area (Å²) < 4.78 is 0. The molecule has 1 aliphatic heterocycles. The Kier molecular flexibility index (Phi) is 4.09. The number of hydrogen-bond donors (Lipinski definition) is 1. The second kappa shape index (κ2) is 5.48. The van der Waals surface area contributed by atoms with Gasteiger partial charge in [-0.1, -0.05) is 51.1 Å². The number of carboxylic acid groups (broad SMARTS) is 1. The third kappa shape index (κ3) is 2.82. The highest BCUT2D eigenvalue weighted by atomic mass is 32.2. The minimum atomic E-state index is -0.937. The second-order valence-electron chi connectivity index (χ2n) is 5.91. The lowest BCUT2D eigenvalue weighted by molar-refractivity contribution is -0.153. The summed E-state index contributed by atoms with van der Waals surface area (Å²) in [7, 11) is 0. The lowest BCUT2D eigenvalue weighted by atomic mass is 9.93. The number of aliphatic carboxylic acids is 1. The SMILES string of the molecule is CC(C)(C)C(=O)N1C(C(=O)O)CSC1c1ccccc1. The zero-order valence-electron chi connectivity index (χ0n) is 11.9. The van der Waals surface area contributed by atoms with Crippen molar-refractivity contribution in [2.75, 3.05) is 5.75 Å². The fraction of sp³-hybridized carbons (Fsp3) is 0.467. The molecule has 1 heterocycles. The fourth-order valence-electron chi connectivity index (χ4n) is 2.21. The van der Waals surface area contributed by atoms with Crippen LogP contribution in [0.3, 0.4) is 0 Å². The number of amides is 1. The maximum atomic E-state index is 12.6. The van der Waals surface area contributed by atoms with E-state index in [2.05, 4.69) is 0 Å². The van der Waals surface area contributed by atoms with Crippen LogP contribution in [0.1, 0.15) is 31.7 Å². The molecule has 0 spiro atoms. The molecule has 20 heavy (non-hydrogen) atoms. The van der Waals surface area contributed by atoms with Crippen molar-refractivity contribution >= 4 is 23.6 Å². The largest absolute Gasteiger partial charge is 0.480 e. The first-order chi connectivity index (χ1) is 9.32. The van der Waals surface area contributed by atoms with Crippen LogP contribution in [0.15, 0.2) is 30.3 Å². The van der Waals surface area contributed by atoms with Gasteiger partial charge in [-0.15, -0.1) is 11.8 Å². The molecule has 108 valence electrons. The number of rotatable bonds is 2. The average molecular weight is 293 g/mol. The van der Waals surface area contributed by atoms with Gasteiger partial charge < -0.3 is 10.0 Å². The number of carbonyl (C=O) groups excluding carboxylic acids is 1. The third-order valence-corrected chi connectivity index (χ3v) is 4.57. The Hall–Kier alpha value is -1.49. The van der Waals surface area contributed by atoms with E-state index in [4.69, 9.17) is 0 Å². The highest BCUT2D eigenvalue weighted by Crippen LogP contribution is 2.43. The van der Waals surface area contributed by atoms with E-state index in [-0.39, 0.29) is 11.3 Å². The minimum Gasteiger partial charge on any atom is -0.480 e. The van der Waals surface area contributed by atoms with Crippen LogP contribution < -0.4 is 0 Å². The third-order valence-electron chi connectivity index (χ3n) is 3.25. The van der Waals surface area contributed by atoms with E-state index < -0.39 is 17.4 Å². The first kappa shape index (κ1) is 14.9. The van der Waals surface area contributed by atoms with Crippen LogP contribution in [0.2, 0.25) is 0 Å². The highest BCUT2D eigenvalue weighted by Gasteiger charge is 2.45. The van der Waals surface area contributed by atoms with Gasteiger partial charge in [0.05, 0.1) is 0 Å². The van der Waals surface area contributed by atoms with Crippen LogP contribution in [0.5, 0.6) is 0 Å². The normalized spacial score (nSPS) is 22.9. The van der Waals surface area contributed by atoms with Crippen molar-refractivity contribution in [3.63, 3.8) is 0 Å². The zero-order chi connectivity index (χ0) is 14.9. The summed E-state index contributed by atoms with van der Waals surface area (Å²) in [4.78, 5) is 25.6. The predicted octanol–water partition coefficient (Wildman–Crippen LogP) is 2.76. The highest BCUT2D eigenvalue weighted by molar-refractivity contribution is 7.99. The Bertz CT molecular complexity index is 510. The average Bonchev–Trinajstić information content (AvgIpc) is 2.82. The first-order valence-corrected chi connectivity index (χ1v) is 7.59. The number of carbonyl (C=O) groups is 2. The molecule has 1 fully saturated rings. The van der Waals surface area contributed by atoms with E-state index >= 15 is 0 Å². The van der Waals surface area contributed by atoms with E-state index in [1.165, 1.54) is 16.7 Å². The first-order valence-electron chi connectivity index (χ1n) is 6.54. The number of thioether (sulfide) groups is 1. The molecule has 1 saturated heterocycles. The molecule has 0 saturated carbocycles. The number of carboxylic acids is 1. The Morgan fingerprint density at radius 1 is 1.25 bits per heavy atom. The fourth-order valence-corrected chi connectivity index (χ4v) is 3.63. The summed E-state index contributed by atoms with van der Waals surface area (Å²) in [6.45, 7) is 5.46. The summed E-state index contributed by atoms with van der Waals surface area (Å²) in [5, 5.41) is 9.14. The van der Waals surface area contributed by atoms with E-state index in [9.17, 15) is 14.7 Å². The molecule has 1 aromatic rings. The molecule has 4 nitrogen and oxygen atoms in total. The summed E-state index contributed by atoms with van der Waals surface area (Å²) >= 11 is 1.51. The van der Waals surface area contributed by atoms with E-state index in [0.29, 0.717) is 5.75 Å². The Morgan fingerprint density at radius 2 is 1.85 bits per heavy atom. The number of hydrogen-bond acceptors (Lipinski definition) is 3. The second-order valence-corrected chi connectivity index (χ2v) is 7.03. The van der Waals surface area contributed by atoms with Crippen LogP contribution in [-0.4, -0.2) is 33.7 Å². The van der Waals surface area contributed by atoms with Crippen LogP contribution in [-0.2, 0) is 9.59 Å². The molecule has 2 unspecified atom stereocenters. The van der Waals surface area contributed by atoms with Gasteiger partial charge in [0.1, 0.15) is 11.4 Å². The van der Waals surface area contributed by atoms with E-state index in [1.807, 2.05) is 51.1 Å². The Morgan fingerprint density at radius 3 is 2.35 bits per heavy atom. The van der Waals surface area contributed by atoms with Gasteiger partial charge in [-0.25, -0.2) is 4.79 Å². The molecule has 1 aliphatic rings. The van der Waals surface area contributed by atoms with Gasteiger partial charge >= 0.3 is 5.97 Å². The number of benzene rings is 1. The van der Waals surface area contributed by atoms with Crippen molar-refractivity contribution in [1.29, 1.82) is 0 Å². The summed E-state index contributed by atoms with van der Waals surface area (Å²) in [6, 6.07) is 8.84. The Labute approximate surface area is 123 Å². The Balaban J connectivity index is 2.38. The summed E-state index contributed by atoms with van der Waals surface area (Å²) in [5.41, 5.74) is 0.380. The van der Waals surface area contributed by atoms with Crippen LogP contribution in [0.4, 0.5) is 0 Å². The molecule has 5 heteroatoms. The molecule has 2 rings (SSSR count). The van der Waals surface area contributed by atoms with Gasteiger partial charge in [0.2, 0.25) is 5.91 Å². The van der Waals surface area contributed by atoms with Crippen LogP contribution in [0, 0.1) is 5.41 Å². The minimum absolute atomic E-state index is 0.122. The van der Waals surface area contributed by atoms with Crippen molar-refractivity contribution in [2.24, 2.45) is 5.41 Å². The maximum Gasteiger partial charge on any atom is 0.327 e. The molecule has 0 aliphatic carbocycles. The van der Waals surface area contributed by atoms with Crippen LogP contribution >= 0.6 is 11.8 Å². The molecular weight excluding hydrogens is 274 g/mol. The molecule has 1 aromatic carbocycles. The van der Waals surface area contributed by atoms with Gasteiger partial charge in [0, 0.05) is 11.2 Å². The molecule has 2 atom stereocenters. The summed E-state index contributed by atoms with van der Waals surface area (Å²) in [6.07, 6.45) is 0. The van der Waals surface area contributed by atoms with Crippen molar-refractivity contribution in [3.8, 4) is 0 Å². The lowest BCUT2D eigenvalue weighted by Gasteiger charge is -2.33. The maximum absolute atomic E-state index is 12.6. The molecule has 1 N–H and O–H groups in total. The van der Waals surface area contributed by atoms with Crippen molar-refractivity contribution in [2.45, 2.75) is 32.2 Å². The van der Waals surface area contributed by atoms with Crippen molar-refractivity contribution in [1.82, 2.24) is 4.90 Å². The van der Waals surface area contributed by atoms with Crippen molar-refractivity contribution < 1.29 is 14.7 Å². The topological polar surface area (TPSA) is 57.6 Å². The molecule has 1 amide bonds. The summed E-state index contributed by atoms with van der Waals surface area (Å²) in [5.74, 6) is -0.631. The van der Waals surface area contributed by atoms with Gasteiger partial charge in [-0.2, -0.15) is 0 Å². The molecular formula is C15H19NO3S. The monoisotopic (exact) mass is 293 g/mol. The van der Waals surface area contributed by atoms with E-state index in [0.717, 1.165) is 5.56 Å². The molecule has 0 bridgehead atoms. The van der Waals surface area contributed by atoms with Crippen molar-refractivity contribution in [3.05, 3.63) is 35.9 Å². The van der Waals surface area contributed by atoms with Gasteiger partial charge in [-0.05, 0) is 5.56 Å². The van der Waals surface area contributed by atoms with Crippen LogP contribution in [0.25, 0.3) is 0 Å². The molecule has 0 aromatic heterocycles. The lowest BCUT2D eigenvalue weighted by Crippen LogP contribution is -2.47. The molecule has 0 radical (unpaired) electrons. The predicted molar refractivity (Wildman–Crippen MR) is 79.4 cm³/mol. The smallest absolute Gasteiger partial charge is 0.327 e. The van der Waals surface area contributed by atoms with Gasteiger partial charge in [0.25, 0.3) is 0 Å². The zero-order valence-corrected chi connectivity index (χ0v) is 12.7. The standard InChI is InChI=1S/C15H19NO3S/c1-15(2,3)14(19)16-11(13(17)18)9-20-12(16)10-7-5-4-6-8-10/h4-8,11-12H,9H2,1-3H3,(H,17,18). The van der Waals surface area contributed by atoms with Gasteiger partial charge in [-0.3, -0.25) is 4.79 Å². The van der Waals surface area contributed by atoms with E-state index in [1.54, 1.807) is 0 Å². The number of nitrogens with zero attached hydrogens (tertiary/aromatic N) is 1.